The van der Waals surface area contributed by atoms with Gasteiger partial charge in [0.2, 0.25) is 5.89 Å². The van der Waals surface area contributed by atoms with Crippen molar-refractivity contribution in [1.29, 1.82) is 0 Å². The molecule has 1 aliphatic heterocycles. The summed E-state index contributed by atoms with van der Waals surface area (Å²) in [4.78, 5) is 4.57. The van der Waals surface area contributed by atoms with E-state index >= 15 is 0 Å². The summed E-state index contributed by atoms with van der Waals surface area (Å²) in [6.07, 6.45) is 3.56. The zero-order valence-corrected chi connectivity index (χ0v) is 9.99. The molecule has 0 aromatic carbocycles. The zero-order chi connectivity index (χ0) is 11.2. The average molecular weight is 221 g/mol. The fourth-order valence-electron chi connectivity index (χ4n) is 2.53. The average Bonchev–Trinajstić information content (AvgIpc) is 2.76. The van der Waals surface area contributed by atoms with E-state index in [4.69, 9.17) is 4.52 Å². The smallest absolute Gasteiger partial charge is 0.231 e. The second-order valence-electron chi connectivity index (χ2n) is 5.78. The molecule has 16 heavy (non-hydrogen) atoms. The SMILES string of the molecule is CC1(C)CC1c1noc(C2CCCNC2)n1. The van der Waals surface area contributed by atoms with Crippen LogP contribution in [0, 0.1) is 5.41 Å². The van der Waals surface area contributed by atoms with E-state index in [1.54, 1.807) is 0 Å². The van der Waals surface area contributed by atoms with Crippen LogP contribution in [-0.2, 0) is 0 Å². The first kappa shape index (κ1) is 10.3. The number of nitrogens with one attached hydrogen (secondary N) is 1. The maximum atomic E-state index is 5.40. The summed E-state index contributed by atoms with van der Waals surface area (Å²) in [5.74, 6) is 2.70. The molecule has 0 spiro atoms. The van der Waals surface area contributed by atoms with Crippen molar-refractivity contribution in [3.63, 3.8) is 0 Å². The van der Waals surface area contributed by atoms with Crippen molar-refractivity contribution in [1.82, 2.24) is 15.5 Å². The molecule has 2 unspecified atom stereocenters. The van der Waals surface area contributed by atoms with Crippen molar-refractivity contribution < 1.29 is 4.52 Å². The van der Waals surface area contributed by atoms with Crippen LogP contribution in [0.15, 0.2) is 4.52 Å². The highest BCUT2D eigenvalue weighted by Gasteiger charge is 2.49. The molecule has 2 atom stereocenters. The summed E-state index contributed by atoms with van der Waals surface area (Å²) in [7, 11) is 0. The maximum Gasteiger partial charge on any atom is 0.231 e. The monoisotopic (exact) mass is 221 g/mol. The van der Waals surface area contributed by atoms with Gasteiger partial charge in [-0.2, -0.15) is 4.98 Å². The van der Waals surface area contributed by atoms with Crippen LogP contribution in [0.4, 0.5) is 0 Å². The van der Waals surface area contributed by atoms with E-state index in [1.165, 1.54) is 19.3 Å². The van der Waals surface area contributed by atoms with Gasteiger partial charge in [0.1, 0.15) is 0 Å². The summed E-state index contributed by atoms with van der Waals surface area (Å²) < 4.78 is 5.40. The predicted molar refractivity (Wildman–Crippen MR) is 60.3 cm³/mol. The summed E-state index contributed by atoms with van der Waals surface area (Å²) >= 11 is 0. The van der Waals surface area contributed by atoms with Crippen LogP contribution in [0.3, 0.4) is 0 Å². The zero-order valence-electron chi connectivity index (χ0n) is 9.99. The quantitative estimate of drug-likeness (QED) is 0.830. The molecule has 1 N–H and O–H groups in total. The second-order valence-corrected chi connectivity index (χ2v) is 5.78. The molecule has 2 fully saturated rings. The topological polar surface area (TPSA) is 51.0 Å². The van der Waals surface area contributed by atoms with Gasteiger partial charge in [0, 0.05) is 12.5 Å². The van der Waals surface area contributed by atoms with Gasteiger partial charge < -0.3 is 9.84 Å². The van der Waals surface area contributed by atoms with Gasteiger partial charge in [0.15, 0.2) is 5.82 Å². The van der Waals surface area contributed by atoms with Crippen molar-refractivity contribution in [2.75, 3.05) is 13.1 Å². The Balaban J connectivity index is 1.72. The molecular weight excluding hydrogens is 202 g/mol. The van der Waals surface area contributed by atoms with E-state index < -0.39 is 0 Å². The number of aromatic nitrogens is 2. The number of piperidine rings is 1. The van der Waals surface area contributed by atoms with Crippen LogP contribution >= 0.6 is 0 Å². The molecule has 2 heterocycles. The summed E-state index contributed by atoms with van der Waals surface area (Å²) in [6.45, 7) is 6.62. The molecule has 4 heteroatoms. The highest BCUT2D eigenvalue weighted by Crippen LogP contribution is 2.57. The molecular formula is C12H19N3O. The second kappa shape index (κ2) is 3.55. The minimum absolute atomic E-state index is 0.381. The van der Waals surface area contributed by atoms with Crippen molar-refractivity contribution >= 4 is 0 Å². The summed E-state index contributed by atoms with van der Waals surface area (Å²) in [6, 6.07) is 0. The summed E-state index contributed by atoms with van der Waals surface area (Å²) in [5, 5.41) is 7.51. The van der Waals surface area contributed by atoms with Crippen LogP contribution in [0.25, 0.3) is 0 Å². The van der Waals surface area contributed by atoms with Gasteiger partial charge in [-0.1, -0.05) is 19.0 Å². The van der Waals surface area contributed by atoms with Crippen LogP contribution in [0.5, 0.6) is 0 Å². The van der Waals surface area contributed by atoms with Crippen LogP contribution < -0.4 is 5.32 Å². The lowest BCUT2D eigenvalue weighted by atomic mass is 10.00. The Morgan fingerprint density at radius 1 is 1.44 bits per heavy atom. The minimum Gasteiger partial charge on any atom is -0.339 e. The number of hydrogen-bond acceptors (Lipinski definition) is 4. The fraction of sp³-hybridized carbons (Fsp3) is 0.833. The van der Waals surface area contributed by atoms with E-state index in [0.717, 1.165) is 24.8 Å². The Morgan fingerprint density at radius 2 is 2.25 bits per heavy atom. The van der Waals surface area contributed by atoms with Crippen molar-refractivity contribution in [2.24, 2.45) is 5.41 Å². The van der Waals surface area contributed by atoms with E-state index in [2.05, 4.69) is 29.3 Å². The summed E-state index contributed by atoms with van der Waals surface area (Å²) in [5.41, 5.74) is 0.381. The van der Waals surface area contributed by atoms with Gasteiger partial charge in [0.05, 0.1) is 5.92 Å². The number of nitrogens with zero attached hydrogens (tertiary/aromatic N) is 2. The van der Waals surface area contributed by atoms with Gasteiger partial charge >= 0.3 is 0 Å². The normalized spacial score (nSPS) is 32.6. The predicted octanol–water partition coefficient (Wildman–Crippen LogP) is 2.05. The maximum absolute atomic E-state index is 5.40. The lowest BCUT2D eigenvalue weighted by Gasteiger charge is -2.18. The Labute approximate surface area is 95.8 Å². The highest BCUT2D eigenvalue weighted by molar-refractivity contribution is 5.15. The number of hydrogen-bond donors (Lipinski definition) is 1. The molecule has 0 radical (unpaired) electrons. The third kappa shape index (κ3) is 1.75. The third-order valence-corrected chi connectivity index (χ3v) is 3.93. The molecule has 3 rings (SSSR count). The molecule has 1 aromatic rings. The van der Waals surface area contributed by atoms with Crippen LogP contribution in [-0.4, -0.2) is 23.2 Å². The van der Waals surface area contributed by atoms with Gasteiger partial charge in [-0.05, 0) is 31.2 Å². The molecule has 0 bridgehead atoms. The van der Waals surface area contributed by atoms with E-state index in [1.807, 2.05) is 0 Å². The van der Waals surface area contributed by atoms with E-state index in [9.17, 15) is 0 Å². The molecule has 1 aromatic heterocycles. The van der Waals surface area contributed by atoms with Gasteiger partial charge in [-0.3, -0.25) is 0 Å². The van der Waals surface area contributed by atoms with Crippen molar-refractivity contribution in [3.8, 4) is 0 Å². The fourth-order valence-corrected chi connectivity index (χ4v) is 2.53. The Morgan fingerprint density at radius 3 is 2.88 bits per heavy atom. The van der Waals surface area contributed by atoms with Gasteiger partial charge in [0.25, 0.3) is 0 Å². The number of rotatable bonds is 2. The van der Waals surface area contributed by atoms with Crippen molar-refractivity contribution in [3.05, 3.63) is 11.7 Å². The highest BCUT2D eigenvalue weighted by atomic mass is 16.5. The molecule has 1 aliphatic carbocycles. The lowest BCUT2D eigenvalue weighted by Crippen LogP contribution is -2.28. The lowest BCUT2D eigenvalue weighted by molar-refractivity contribution is 0.319. The molecule has 1 saturated heterocycles. The van der Waals surface area contributed by atoms with Crippen LogP contribution in [0.1, 0.15) is 56.7 Å². The standard InChI is InChI=1S/C12H19N3O/c1-12(2)6-9(12)10-14-11(16-15-10)8-4-3-5-13-7-8/h8-9,13H,3-7H2,1-2H3. The Bertz CT molecular complexity index is 379. The largest absolute Gasteiger partial charge is 0.339 e. The van der Waals surface area contributed by atoms with E-state index in [0.29, 0.717) is 17.3 Å². The van der Waals surface area contributed by atoms with E-state index in [-0.39, 0.29) is 0 Å². The molecule has 1 saturated carbocycles. The van der Waals surface area contributed by atoms with Crippen molar-refractivity contribution in [2.45, 2.75) is 44.9 Å². The Kier molecular flexibility index (Phi) is 2.28. The van der Waals surface area contributed by atoms with Gasteiger partial charge in [-0.25, -0.2) is 0 Å². The first-order valence-electron chi connectivity index (χ1n) is 6.21. The molecule has 2 aliphatic rings. The molecule has 0 amide bonds. The van der Waals surface area contributed by atoms with Crippen LogP contribution in [0.2, 0.25) is 0 Å². The van der Waals surface area contributed by atoms with Gasteiger partial charge in [-0.15, -0.1) is 0 Å². The minimum atomic E-state index is 0.381. The first-order chi connectivity index (χ1) is 7.67. The molecule has 4 nitrogen and oxygen atoms in total. The first-order valence-corrected chi connectivity index (χ1v) is 6.21. The molecule has 88 valence electrons. The third-order valence-electron chi connectivity index (χ3n) is 3.93. The Hall–Kier alpha value is -0.900.